The Morgan fingerprint density at radius 1 is 1.58 bits per heavy atom. The molecule has 1 saturated heterocycles. The van der Waals surface area contributed by atoms with Gasteiger partial charge in [-0.3, -0.25) is 0 Å². The standard InChI is InChI=1S/C13H17BrN2O3/c1-2-15-6-9-5-10(14)3-4-12(9)18-8-11-7-16-13(17)19-11/h3-5,11,15H,2,6-8H2,1H3,(H,16,17). The highest BCUT2D eigenvalue weighted by molar-refractivity contribution is 9.10. The molecule has 0 radical (unpaired) electrons. The highest BCUT2D eigenvalue weighted by atomic mass is 79.9. The molecule has 104 valence electrons. The Kier molecular flexibility index (Phi) is 5.04. The minimum absolute atomic E-state index is 0.219. The fraction of sp³-hybridized carbons (Fsp3) is 0.462. The van der Waals surface area contributed by atoms with E-state index in [4.69, 9.17) is 9.47 Å². The van der Waals surface area contributed by atoms with Crippen molar-refractivity contribution in [2.75, 3.05) is 19.7 Å². The van der Waals surface area contributed by atoms with Crippen LogP contribution in [0.1, 0.15) is 12.5 Å². The lowest BCUT2D eigenvalue weighted by Crippen LogP contribution is -2.22. The van der Waals surface area contributed by atoms with Crippen LogP contribution in [0.2, 0.25) is 0 Å². The summed E-state index contributed by atoms with van der Waals surface area (Å²) in [5.41, 5.74) is 1.08. The van der Waals surface area contributed by atoms with Crippen molar-refractivity contribution in [1.82, 2.24) is 10.6 Å². The summed E-state index contributed by atoms with van der Waals surface area (Å²) in [6.45, 7) is 4.56. The number of rotatable bonds is 6. The summed E-state index contributed by atoms with van der Waals surface area (Å²) in [5.74, 6) is 0.812. The maximum Gasteiger partial charge on any atom is 0.407 e. The van der Waals surface area contributed by atoms with E-state index in [0.717, 1.165) is 28.9 Å². The van der Waals surface area contributed by atoms with E-state index in [2.05, 4.69) is 33.5 Å². The van der Waals surface area contributed by atoms with Crippen molar-refractivity contribution in [2.24, 2.45) is 0 Å². The van der Waals surface area contributed by atoms with E-state index < -0.39 is 0 Å². The first-order valence-electron chi connectivity index (χ1n) is 6.25. The monoisotopic (exact) mass is 328 g/mol. The molecule has 5 nitrogen and oxygen atoms in total. The van der Waals surface area contributed by atoms with Gasteiger partial charge in [0.05, 0.1) is 6.54 Å². The van der Waals surface area contributed by atoms with Crippen LogP contribution in [0.25, 0.3) is 0 Å². The average Bonchev–Trinajstić information content (AvgIpc) is 2.81. The van der Waals surface area contributed by atoms with Crippen molar-refractivity contribution < 1.29 is 14.3 Å². The van der Waals surface area contributed by atoms with E-state index in [1.807, 2.05) is 18.2 Å². The van der Waals surface area contributed by atoms with Crippen LogP contribution in [-0.2, 0) is 11.3 Å². The van der Waals surface area contributed by atoms with Crippen molar-refractivity contribution in [3.63, 3.8) is 0 Å². The number of hydrogen-bond acceptors (Lipinski definition) is 4. The van der Waals surface area contributed by atoms with Gasteiger partial charge in [-0.25, -0.2) is 4.79 Å². The molecule has 1 fully saturated rings. The summed E-state index contributed by atoms with van der Waals surface area (Å²) < 4.78 is 11.8. The summed E-state index contributed by atoms with van der Waals surface area (Å²) in [4.78, 5) is 10.9. The Bertz CT molecular complexity index is 454. The fourth-order valence-corrected chi connectivity index (χ4v) is 2.20. The highest BCUT2D eigenvalue weighted by Crippen LogP contribution is 2.23. The van der Waals surface area contributed by atoms with Gasteiger partial charge in [-0.15, -0.1) is 0 Å². The van der Waals surface area contributed by atoms with Crippen LogP contribution in [0.15, 0.2) is 22.7 Å². The number of carbonyl (C=O) groups excluding carboxylic acids is 1. The number of carbonyl (C=O) groups is 1. The smallest absolute Gasteiger partial charge is 0.407 e. The molecule has 0 spiro atoms. The molecule has 1 atom stereocenters. The van der Waals surface area contributed by atoms with Crippen molar-refractivity contribution in [3.8, 4) is 5.75 Å². The largest absolute Gasteiger partial charge is 0.489 e. The van der Waals surface area contributed by atoms with Gasteiger partial charge in [-0.2, -0.15) is 0 Å². The maximum atomic E-state index is 10.9. The molecule has 0 saturated carbocycles. The molecule has 2 rings (SSSR count). The number of cyclic esters (lactones) is 1. The lowest BCUT2D eigenvalue weighted by Gasteiger charge is -2.14. The highest BCUT2D eigenvalue weighted by Gasteiger charge is 2.23. The molecular weight excluding hydrogens is 312 g/mol. The molecule has 1 aromatic carbocycles. The van der Waals surface area contributed by atoms with Gasteiger partial charge in [0.1, 0.15) is 12.4 Å². The zero-order valence-electron chi connectivity index (χ0n) is 10.7. The van der Waals surface area contributed by atoms with Crippen LogP contribution in [-0.4, -0.2) is 31.9 Å². The number of benzene rings is 1. The second-order valence-corrected chi connectivity index (χ2v) is 5.17. The third kappa shape index (κ3) is 4.11. The number of ether oxygens (including phenoxy) is 2. The summed E-state index contributed by atoms with van der Waals surface area (Å²) in [7, 11) is 0. The number of halogens is 1. The zero-order valence-corrected chi connectivity index (χ0v) is 12.3. The Labute approximate surface area is 120 Å². The van der Waals surface area contributed by atoms with Crippen LogP contribution in [0.4, 0.5) is 4.79 Å². The number of alkyl carbamates (subject to hydrolysis) is 1. The molecule has 0 aliphatic carbocycles. The molecule has 1 aliphatic heterocycles. The van der Waals surface area contributed by atoms with Gasteiger partial charge in [0.15, 0.2) is 6.10 Å². The van der Waals surface area contributed by atoms with Gasteiger partial charge >= 0.3 is 6.09 Å². The minimum atomic E-state index is -0.378. The number of nitrogens with one attached hydrogen (secondary N) is 2. The molecule has 1 aliphatic rings. The Morgan fingerprint density at radius 3 is 3.11 bits per heavy atom. The number of amides is 1. The predicted octanol–water partition coefficient (Wildman–Crippen LogP) is 2.05. The van der Waals surface area contributed by atoms with Gasteiger partial charge in [0.2, 0.25) is 0 Å². The first-order chi connectivity index (χ1) is 9.19. The van der Waals surface area contributed by atoms with Crippen LogP contribution < -0.4 is 15.4 Å². The summed E-state index contributed by atoms with van der Waals surface area (Å²) in [6.07, 6.45) is -0.597. The maximum absolute atomic E-state index is 10.9. The van der Waals surface area contributed by atoms with E-state index in [0.29, 0.717) is 13.2 Å². The van der Waals surface area contributed by atoms with E-state index in [1.54, 1.807) is 0 Å². The molecule has 0 aromatic heterocycles. The quantitative estimate of drug-likeness (QED) is 0.839. The Balaban J connectivity index is 1.96. The molecule has 1 unspecified atom stereocenters. The topological polar surface area (TPSA) is 59.6 Å². The van der Waals surface area contributed by atoms with Gasteiger partial charge in [0.25, 0.3) is 0 Å². The van der Waals surface area contributed by atoms with Crippen molar-refractivity contribution in [2.45, 2.75) is 19.6 Å². The van der Waals surface area contributed by atoms with Crippen molar-refractivity contribution in [3.05, 3.63) is 28.2 Å². The SMILES string of the molecule is CCNCc1cc(Br)ccc1OCC1CNC(=O)O1. The molecule has 1 amide bonds. The molecule has 19 heavy (non-hydrogen) atoms. The summed E-state index contributed by atoms with van der Waals surface area (Å²) >= 11 is 3.45. The third-order valence-electron chi connectivity index (χ3n) is 2.76. The van der Waals surface area contributed by atoms with E-state index in [-0.39, 0.29) is 12.2 Å². The molecule has 1 heterocycles. The molecule has 1 aromatic rings. The minimum Gasteiger partial charge on any atom is -0.489 e. The van der Waals surface area contributed by atoms with Gasteiger partial charge in [-0.05, 0) is 24.7 Å². The first kappa shape index (κ1) is 14.1. The van der Waals surface area contributed by atoms with E-state index >= 15 is 0 Å². The van der Waals surface area contributed by atoms with Crippen LogP contribution in [0.5, 0.6) is 5.75 Å². The van der Waals surface area contributed by atoms with Crippen molar-refractivity contribution in [1.29, 1.82) is 0 Å². The van der Waals surface area contributed by atoms with Gasteiger partial charge in [-0.1, -0.05) is 22.9 Å². The van der Waals surface area contributed by atoms with Crippen LogP contribution >= 0.6 is 15.9 Å². The molecule has 0 bridgehead atoms. The lowest BCUT2D eigenvalue weighted by molar-refractivity contribution is 0.104. The Morgan fingerprint density at radius 2 is 2.42 bits per heavy atom. The Hall–Kier alpha value is -1.27. The van der Waals surface area contributed by atoms with Crippen LogP contribution in [0, 0.1) is 0 Å². The fourth-order valence-electron chi connectivity index (χ4n) is 1.79. The summed E-state index contributed by atoms with van der Waals surface area (Å²) in [6, 6.07) is 5.88. The average molecular weight is 329 g/mol. The van der Waals surface area contributed by atoms with E-state index in [9.17, 15) is 4.79 Å². The molecule has 2 N–H and O–H groups in total. The van der Waals surface area contributed by atoms with Crippen LogP contribution in [0.3, 0.4) is 0 Å². The first-order valence-corrected chi connectivity index (χ1v) is 7.04. The zero-order chi connectivity index (χ0) is 13.7. The molecule has 6 heteroatoms. The van der Waals surface area contributed by atoms with Crippen molar-refractivity contribution >= 4 is 22.0 Å². The third-order valence-corrected chi connectivity index (χ3v) is 3.25. The second kappa shape index (κ2) is 6.77. The normalized spacial score (nSPS) is 18.0. The lowest BCUT2D eigenvalue weighted by atomic mass is 10.2. The predicted molar refractivity (Wildman–Crippen MR) is 75.3 cm³/mol. The second-order valence-electron chi connectivity index (χ2n) is 4.25. The van der Waals surface area contributed by atoms with E-state index in [1.165, 1.54) is 0 Å². The summed E-state index contributed by atoms with van der Waals surface area (Å²) in [5, 5.41) is 5.87. The van der Waals surface area contributed by atoms with Gasteiger partial charge in [0, 0.05) is 16.6 Å². The number of hydrogen-bond donors (Lipinski definition) is 2. The van der Waals surface area contributed by atoms with Gasteiger partial charge < -0.3 is 20.1 Å². The molecular formula is C13H17BrN2O3.